The van der Waals surface area contributed by atoms with E-state index in [1.165, 1.54) is 12.8 Å². The quantitative estimate of drug-likeness (QED) is 0.843. The van der Waals surface area contributed by atoms with Crippen molar-refractivity contribution in [2.45, 2.75) is 19.3 Å². The first-order valence-corrected chi connectivity index (χ1v) is 7.11. The molecule has 1 saturated carbocycles. The summed E-state index contributed by atoms with van der Waals surface area (Å²) in [4.78, 5) is 0.431. The molecule has 19 heavy (non-hydrogen) atoms. The number of benzene rings is 2. The fraction of sp³-hybridized carbons (Fsp3) is 0.312. The maximum Gasteiger partial charge on any atom is 0.127 e. The van der Waals surface area contributed by atoms with E-state index in [-0.39, 0.29) is 0 Å². The summed E-state index contributed by atoms with van der Waals surface area (Å²) < 4.78 is 5.92. The van der Waals surface area contributed by atoms with Crippen LogP contribution in [0.3, 0.4) is 0 Å². The first-order chi connectivity index (χ1) is 9.25. The number of rotatable bonds is 5. The Bertz CT molecular complexity index is 619. The lowest BCUT2D eigenvalue weighted by Gasteiger charge is -2.11. The zero-order valence-electron chi connectivity index (χ0n) is 10.8. The van der Waals surface area contributed by atoms with Crippen molar-refractivity contribution in [1.29, 1.82) is 0 Å². The second kappa shape index (κ2) is 5.17. The molecule has 1 aliphatic rings. The molecule has 2 aromatic rings. The molecule has 0 unspecified atom stereocenters. The van der Waals surface area contributed by atoms with Crippen LogP contribution in [0.25, 0.3) is 10.8 Å². The van der Waals surface area contributed by atoms with Crippen LogP contribution < -0.4 is 10.5 Å². The fourth-order valence-electron chi connectivity index (χ4n) is 2.35. The van der Waals surface area contributed by atoms with Crippen molar-refractivity contribution < 1.29 is 4.74 Å². The molecule has 0 spiro atoms. The average molecular weight is 271 g/mol. The standard InChI is InChI=1S/C16H17NOS/c17-16(19)14-7-8-15(18-10-9-11-5-6-11)13-4-2-1-3-12(13)14/h1-4,7-8,11H,5-6,9-10H2,(H2,17,19). The Hall–Kier alpha value is -1.61. The van der Waals surface area contributed by atoms with Crippen LogP contribution in [0.5, 0.6) is 5.75 Å². The van der Waals surface area contributed by atoms with Gasteiger partial charge < -0.3 is 10.5 Å². The van der Waals surface area contributed by atoms with Crippen LogP contribution in [0, 0.1) is 5.92 Å². The monoisotopic (exact) mass is 271 g/mol. The second-order valence-electron chi connectivity index (χ2n) is 5.10. The molecule has 0 atom stereocenters. The summed E-state index contributed by atoms with van der Waals surface area (Å²) in [5.74, 6) is 1.82. The van der Waals surface area contributed by atoms with E-state index in [9.17, 15) is 0 Å². The molecule has 0 radical (unpaired) electrons. The molecule has 0 heterocycles. The lowest BCUT2D eigenvalue weighted by molar-refractivity contribution is 0.306. The summed E-state index contributed by atoms with van der Waals surface area (Å²) in [5, 5.41) is 2.16. The molecule has 0 aliphatic heterocycles. The van der Waals surface area contributed by atoms with Gasteiger partial charge in [-0.1, -0.05) is 49.3 Å². The summed E-state index contributed by atoms with van der Waals surface area (Å²) in [5.41, 5.74) is 6.69. The van der Waals surface area contributed by atoms with Gasteiger partial charge in [0.05, 0.1) is 6.61 Å². The highest BCUT2D eigenvalue weighted by atomic mass is 32.1. The van der Waals surface area contributed by atoms with E-state index in [4.69, 9.17) is 22.7 Å². The van der Waals surface area contributed by atoms with Gasteiger partial charge in [-0.25, -0.2) is 0 Å². The highest BCUT2D eigenvalue weighted by molar-refractivity contribution is 7.80. The molecule has 2 aromatic carbocycles. The van der Waals surface area contributed by atoms with Crippen LogP contribution in [0.1, 0.15) is 24.8 Å². The first kappa shape index (κ1) is 12.4. The fourth-order valence-corrected chi connectivity index (χ4v) is 2.53. The number of nitrogens with two attached hydrogens (primary N) is 1. The van der Waals surface area contributed by atoms with Gasteiger partial charge in [-0.15, -0.1) is 0 Å². The van der Waals surface area contributed by atoms with Crippen molar-refractivity contribution in [1.82, 2.24) is 0 Å². The molecule has 3 heteroatoms. The predicted octanol–water partition coefficient (Wildman–Crippen LogP) is 3.65. The Morgan fingerprint density at radius 1 is 1.16 bits per heavy atom. The highest BCUT2D eigenvalue weighted by Crippen LogP contribution is 2.33. The molecular formula is C16H17NOS. The summed E-state index contributed by atoms with van der Waals surface area (Å²) >= 11 is 5.10. The van der Waals surface area contributed by atoms with E-state index in [1.54, 1.807) is 0 Å². The molecule has 0 amide bonds. The van der Waals surface area contributed by atoms with E-state index < -0.39 is 0 Å². The topological polar surface area (TPSA) is 35.2 Å². The van der Waals surface area contributed by atoms with Gasteiger partial charge in [-0.05, 0) is 29.9 Å². The lowest BCUT2D eigenvalue weighted by atomic mass is 10.0. The van der Waals surface area contributed by atoms with E-state index in [2.05, 4.69) is 6.07 Å². The summed E-state index contributed by atoms with van der Waals surface area (Å²) in [6.45, 7) is 0.793. The lowest BCUT2D eigenvalue weighted by Crippen LogP contribution is -2.10. The van der Waals surface area contributed by atoms with Gasteiger partial charge in [-0.3, -0.25) is 0 Å². The molecule has 1 fully saturated rings. The molecule has 98 valence electrons. The minimum Gasteiger partial charge on any atom is -0.493 e. The van der Waals surface area contributed by atoms with Crippen molar-refractivity contribution in [3.8, 4) is 5.75 Å². The van der Waals surface area contributed by atoms with Crippen LogP contribution in [0.15, 0.2) is 36.4 Å². The smallest absolute Gasteiger partial charge is 0.127 e. The predicted molar refractivity (Wildman–Crippen MR) is 82.7 cm³/mol. The van der Waals surface area contributed by atoms with Crippen LogP contribution in [0.4, 0.5) is 0 Å². The molecule has 0 aromatic heterocycles. The van der Waals surface area contributed by atoms with Crippen molar-refractivity contribution in [3.05, 3.63) is 42.0 Å². The Balaban J connectivity index is 1.91. The minimum atomic E-state index is 0.431. The third-order valence-electron chi connectivity index (χ3n) is 3.63. The minimum absolute atomic E-state index is 0.431. The maximum absolute atomic E-state index is 5.92. The number of thiocarbonyl (C=S) groups is 1. The zero-order valence-corrected chi connectivity index (χ0v) is 11.6. The van der Waals surface area contributed by atoms with Gasteiger partial charge in [0.15, 0.2) is 0 Å². The Kier molecular flexibility index (Phi) is 3.38. The second-order valence-corrected chi connectivity index (χ2v) is 5.54. The van der Waals surface area contributed by atoms with Crippen molar-refractivity contribution in [2.75, 3.05) is 6.61 Å². The maximum atomic E-state index is 5.92. The summed E-state index contributed by atoms with van der Waals surface area (Å²) in [7, 11) is 0. The average Bonchev–Trinajstić information content (AvgIpc) is 3.22. The molecule has 3 rings (SSSR count). The van der Waals surface area contributed by atoms with Crippen molar-refractivity contribution in [3.63, 3.8) is 0 Å². The van der Waals surface area contributed by atoms with Gasteiger partial charge in [0.25, 0.3) is 0 Å². The normalized spacial score (nSPS) is 14.5. The summed E-state index contributed by atoms with van der Waals surface area (Å²) in [6.07, 6.45) is 3.89. The van der Waals surface area contributed by atoms with E-state index in [1.807, 2.05) is 30.3 Å². The SMILES string of the molecule is NC(=S)c1ccc(OCCC2CC2)c2ccccc12. The Labute approximate surface area is 118 Å². The van der Waals surface area contributed by atoms with Crippen molar-refractivity contribution in [2.24, 2.45) is 11.7 Å². The molecule has 2 nitrogen and oxygen atoms in total. The largest absolute Gasteiger partial charge is 0.493 e. The highest BCUT2D eigenvalue weighted by Gasteiger charge is 2.20. The molecule has 2 N–H and O–H groups in total. The first-order valence-electron chi connectivity index (χ1n) is 6.70. The van der Waals surface area contributed by atoms with Crippen LogP contribution in [0.2, 0.25) is 0 Å². The van der Waals surface area contributed by atoms with Crippen LogP contribution >= 0.6 is 12.2 Å². The van der Waals surface area contributed by atoms with Gasteiger partial charge in [0, 0.05) is 10.9 Å². The molecule has 0 saturated heterocycles. The zero-order chi connectivity index (χ0) is 13.2. The summed E-state index contributed by atoms with van der Waals surface area (Å²) in [6, 6.07) is 12.0. The Morgan fingerprint density at radius 3 is 2.58 bits per heavy atom. The van der Waals surface area contributed by atoms with Gasteiger partial charge in [0.2, 0.25) is 0 Å². The van der Waals surface area contributed by atoms with Gasteiger partial charge in [-0.2, -0.15) is 0 Å². The van der Waals surface area contributed by atoms with Crippen LogP contribution in [-0.2, 0) is 0 Å². The third kappa shape index (κ3) is 2.71. The third-order valence-corrected chi connectivity index (χ3v) is 3.85. The molecule has 0 bridgehead atoms. The van der Waals surface area contributed by atoms with Crippen molar-refractivity contribution >= 4 is 28.0 Å². The van der Waals surface area contributed by atoms with Crippen LogP contribution in [-0.4, -0.2) is 11.6 Å². The van der Waals surface area contributed by atoms with E-state index in [0.717, 1.165) is 41.0 Å². The van der Waals surface area contributed by atoms with Gasteiger partial charge >= 0.3 is 0 Å². The van der Waals surface area contributed by atoms with E-state index in [0.29, 0.717) is 4.99 Å². The van der Waals surface area contributed by atoms with Gasteiger partial charge in [0.1, 0.15) is 10.7 Å². The van der Waals surface area contributed by atoms with E-state index >= 15 is 0 Å². The molecule has 1 aliphatic carbocycles. The number of hydrogen-bond donors (Lipinski definition) is 1. The molecular weight excluding hydrogens is 254 g/mol. The number of hydrogen-bond acceptors (Lipinski definition) is 2. The number of fused-ring (bicyclic) bond motifs is 1. The number of ether oxygens (including phenoxy) is 1. The Morgan fingerprint density at radius 2 is 1.89 bits per heavy atom.